The second-order valence-corrected chi connectivity index (χ2v) is 5.28. The highest BCUT2D eigenvalue weighted by Gasteiger charge is 2.12. The number of nitrogen functional groups attached to an aromatic ring is 1. The Labute approximate surface area is 128 Å². The molecule has 0 spiro atoms. The van der Waals surface area contributed by atoms with Crippen LogP contribution in [0.4, 0.5) is 5.69 Å². The first kappa shape index (κ1) is 17.5. The van der Waals surface area contributed by atoms with Gasteiger partial charge in [-0.25, -0.2) is 0 Å². The molecule has 0 saturated heterocycles. The van der Waals surface area contributed by atoms with Gasteiger partial charge in [0.25, 0.3) is 0 Å². The van der Waals surface area contributed by atoms with Crippen molar-refractivity contribution in [3.05, 3.63) is 29.8 Å². The molecule has 0 aromatic heterocycles. The maximum Gasteiger partial charge on any atom is 0.226 e. The second-order valence-electron chi connectivity index (χ2n) is 5.28. The molecule has 118 valence electrons. The Morgan fingerprint density at radius 2 is 1.81 bits per heavy atom. The fraction of sp³-hybridized carbons (Fsp3) is 0.588. The van der Waals surface area contributed by atoms with Crippen molar-refractivity contribution in [2.75, 3.05) is 38.5 Å². The first-order valence-corrected chi connectivity index (χ1v) is 7.95. The molecule has 0 heterocycles. The second kappa shape index (κ2) is 9.40. The minimum absolute atomic E-state index is 0.183. The standard InChI is InChI=1S/C17H29N3O/c1-4-19(5-2)11-8-12-20(6-3)17(21)14-15-9-7-10-16(18)13-15/h7,9-10,13H,4-6,8,11-12,14,18H2,1-3H3. The third-order valence-electron chi connectivity index (χ3n) is 3.84. The Morgan fingerprint density at radius 3 is 2.38 bits per heavy atom. The molecule has 0 aliphatic heterocycles. The van der Waals surface area contributed by atoms with Gasteiger partial charge in [0.2, 0.25) is 5.91 Å². The molecule has 1 aromatic carbocycles. The molecule has 0 bridgehead atoms. The third kappa shape index (κ3) is 6.17. The minimum atomic E-state index is 0.183. The maximum atomic E-state index is 12.3. The number of amides is 1. The van der Waals surface area contributed by atoms with Crippen molar-refractivity contribution in [2.45, 2.75) is 33.6 Å². The van der Waals surface area contributed by atoms with Crippen molar-refractivity contribution < 1.29 is 4.79 Å². The van der Waals surface area contributed by atoms with Gasteiger partial charge in [-0.2, -0.15) is 0 Å². The van der Waals surface area contributed by atoms with E-state index in [1.54, 1.807) is 0 Å². The smallest absolute Gasteiger partial charge is 0.226 e. The van der Waals surface area contributed by atoms with Gasteiger partial charge < -0.3 is 15.5 Å². The number of likely N-dealkylation sites (N-methyl/N-ethyl adjacent to an activating group) is 1. The number of carbonyl (C=O) groups excluding carboxylic acids is 1. The van der Waals surface area contributed by atoms with Crippen LogP contribution in [0, 0.1) is 0 Å². The molecule has 0 aliphatic rings. The van der Waals surface area contributed by atoms with Crippen LogP contribution in [0.2, 0.25) is 0 Å². The van der Waals surface area contributed by atoms with Crippen molar-refractivity contribution in [3.63, 3.8) is 0 Å². The van der Waals surface area contributed by atoms with Gasteiger partial charge in [-0.1, -0.05) is 26.0 Å². The summed E-state index contributed by atoms with van der Waals surface area (Å²) in [7, 11) is 0. The number of hydrogen-bond acceptors (Lipinski definition) is 3. The van der Waals surface area contributed by atoms with Crippen LogP contribution in [-0.4, -0.2) is 48.4 Å². The van der Waals surface area contributed by atoms with Gasteiger partial charge in [0.15, 0.2) is 0 Å². The van der Waals surface area contributed by atoms with Crippen molar-refractivity contribution in [3.8, 4) is 0 Å². The predicted octanol–water partition coefficient (Wildman–Crippen LogP) is 2.39. The molecule has 0 unspecified atom stereocenters. The van der Waals surface area contributed by atoms with Crippen LogP contribution in [0.25, 0.3) is 0 Å². The molecule has 0 radical (unpaired) electrons. The van der Waals surface area contributed by atoms with Gasteiger partial charge in [-0.15, -0.1) is 0 Å². The summed E-state index contributed by atoms with van der Waals surface area (Å²) in [5.74, 6) is 0.183. The minimum Gasteiger partial charge on any atom is -0.399 e. The number of nitrogens with two attached hydrogens (primary N) is 1. The molecule has 1 rings (SSSR count). The molecule has 0 aliphatic carbocycles. The summed E-state index contributed by atoms with van der Waals surface area (Å²) in [5.41, 5.74) is 7.46. The summed E-state index contributed by atoms with van der Waals surface area (Å²) < 4.78 is 0. The average Bonchev–Trinajstić information content (AvgIpc) is 2.47. The summed E-state index contributed by atoms with van der Waals surface area (Å²) in [6, 6.07) is 7.57. The summed E-state index contributed by atoms with van der Waals surface area (Å²) in [6.45, 7) is 11.2. The van der Waals surface area contributed by atoms with Crippen LogP contribution in [0.1, 0.15) is 32.8 Å². The van der Waals surface area contributed by atoms with Crippen LogP contribution in [0.3, 0.4) is 0 Å². The Morgan fingerprint density at radius 1 is 1.10 bits per heavy atom. The number of anilines is 1. The Hall–Kier alpha value is -1.55. The number of benzene rings is 1. The van der Waals surface area contributed by atoms with Gasteiger partial charge in [0.1, 0.15) is 0 Å². The van der Waals surface area contributed by atoms with Crippen LogP contribution in [-0.2, 0) is 11.2 Å². The first-order chi connectivity index (χ1) is 10.1. The van der Waals surface area contributed by atoms with E-state index in [1.165, 1.54) is 0 Å². The molecule has 2 N–H and O–H groups in total. The topological polar surface area (TPSA) is 49.6 Å². The number of nitrogens with zero attached hydrogens (tertiary/aromatic N) is 2. The average molecular weight is 291 g/mol. The van der Waals surface area contributed by atoms with Crippen LogP contribution in [0.15, 0.2) is 24.3 Å². The molecule has 0 fully saturated rings. The molecular weight excluding hydrogens is 262 g/mol. The highest BCUT2D eigenvalue weighted by atomic mass is 16.2. The molecule has 0 saturated carbocycles. The van der Waals surface area contributed by atoms with Crippen LogP contribution >= 0.6 is 0 Å². The van der Waals surface area contributed by atoms with E-state index in [0.29, 0.717) is 12.1 Å². The van der Waals surface area contributed by atoms with E-state index < -0.39 is 0 Å². The Bertz CT molecular complexity index is 430. The molecule has 1 aromatic rings. The molecule has 1 amide bonds. The van der Waals surface area contributed by atoms with Crippen molar-refractivity contribution in [1.82, 2.24) is 9.80 Å². The lowest BCUT2D eigenvalue weighted by Gasteiger charge is -2.23. The van der Waals surface area contributed by atoms with E-state index in [4.69, 9.17) is 5.73 Å². The quantitative estimate of drug-likeness (QED) is 0.711. The number of rotatable bonds is 9. The Kier molecular flexibility index (Phi) is 7.83. The molecule has 0 atom stereocenters. The molecule has 21 heavy (non-hydrogen) atoms. The zero-order valence-electron chi connectivity index (χ0n) is 13.6. The van der Waals surface area contributed by atoms with Gasteiger partial charge in [0, 0.05) is 18.8 Å². The van der Waals surface area contributed by atoms with Crippen molar-refractivity contribution in [1.29, 1.82) is 0 Å². The zero-order chi connectivity index (χ0) is 15.7. The van der Waals surface area contributed by atoms with Gasteiger partial charge >= 0.3 is 0 Å². The SMILES string of the molecule is CCN(CC)CCCN(CC)C(=O)Cc1cccc(N)c1. The monoisotopic (exact) mass is 291 g/mol. The zero-order valence-corrected chi connectivity index (χ0v) is 13.6. The van der Waals surface area contributed by atoms with Gasteiger partial charge in [0.05, 0.1) is 6.42 Å². The maximum absolute atomic E-state index is 12.3. The fourth-order valence-corrected chi connectivity index (χ4v) is 2.47. The summed E-state index contributed by atoms with van der Waals surface area (Å²) in [6.07, 6.45) is 1.46. The van der Waals surface area contributed by atoms with E-state index in [-0.39, 0.29) is 5.91 Å². The lowest BCUT2D eigenvalue weighted by Crippen LogP contribution is -2.35. The fourth-order valence-electron chi connectivity index (χ4n) is 2.47. The predicted molar refractivity (Wildman–Crippen MR) is 89.2 cm³/mol. The Balaban J connectivity index is 2.46. The van der Waals surface area contributed by atoms with Crippen LogP contribution in [0.5, 0.6) is 0 Å². The molecule has 4 heteroatoms. The summed E-state index contributed by atoms with van der Waals surface area (Å²) in [5, 5.41) is 0. The van der Waals surface area contributed by atoms with E-state index in [0.717, 1.165) is 44.7 Å². The molecule has 4 nitrogen and oxygen atoms in total. The number of hydrogen-bond donors (Lipinski definition) is 1. The van der Waals surface area contributed by atoms with Gasteiger partial charge in [-0.05, 0) is 50.7 Å². The van der Waals surface area contributed by atoms with Crippen molar-refractivity contribution in [2.24, 2.45) is 0 Å². The lowest BCUT2D eigenvalue weighted by molar-refractivity contribution is -0.130. The van der Waals surface area contributed by atoms with E-state index >= 15 is 0 Å². The lowest BCUT2D eigenvalue weighted by atomic mass is 10.1. The van der Waals surface area contributed by atoms with Gasteiger partial charge in [-0.3, -0.25) is 4.79 Å². The first-order valence-electron chi connectivity index (χ1n) is 7.95. The number of carbonyl (C=O) groups is 1. The normalized spacial score (nSPS) is 10.9. The highest BCUT2D eigenvalue weighted by Crippen LogP contribution is 2.09. The van der Waals surface area contributed by atoms with Crippen LogP contribution < -0.4 is 5.73 Å². The highest BCUT2D eigenvalue weighted by molar-refractivity contribution is 5.79. The van der Waals surface area contributed by atoms with E-state index in [9.17, 15) is 4.79 Å². The summed E-state index contributed by atoms with van der Waals surface area (Å²) in [4.78, 5) is 16.7. The van der Waals surface area contributed by atoms with E-state index in [1.807, 2.05) is 36.1 Å². The molecular formula is C17H29N3O. The summed E-state index contributed by atoms with van der Waals surface area (Å²) >= 11 is 0. The largest absolute Gasteiger partial charge is 0.399 e. The third-order valence-corrected chi connectivity index (χ3v) is 3.84. The van der Waals surface area contributed by atoms with E-state index in [2.05, 4.69) is 18.7 Å². The van der Waals surface area contributed by atoms with Crippen molar-refractivity contribution >= 4 is 11.6 Å².